The zero-order chi connectivity index (χ0) is 22.6. The Bertz CT molecular complexity index is 971. The maximum atomic E-state index is 12.1. The average Bonchev–Trinajstić information content (AvgIpc) is 2.76. The molecule has 162 valence electrons. The predicted molar refractivity (Wildman–Crippen MR) is 106 cm³/mol. The van der Waals surface area contributed by atoms with E-state index < -0.39 is 25.1 Å². The number of anilines is 1. The first-order chi connectivity index (χ1) is 14.9. The molecule has 0 saturated heterocycles. The van der Waals surface area contributed by atoms with Crippen molar-refractivity contribution in [3.63, 3.8) is 0 Å². The highest BCUT2D eigenvalue weighted by Crippen LogP contribution is 2.28. The molecule has 2 rings (SSSR count). The summed E-state index contributed by atoms with van der Waals surface area (Å²) in [5, 5.41) is 11.0. The number of esters is 1. The lowest BCUT2D eigenvalue weighted by Gasteiger charge is -2.09. The maximum absolute atomic E-state index is 12.1. The third-order valence-electron chi connectivity index (χ3n) is 3.60. The van der Waals surface area contributed by atoms with Gasteiger partial charge in [0.15, 0.2) is 24.7 Å². The number of hydrogen-bond acceptors (Lipinski definition) is 7. The minimum absolute atomic E-state index is 0.0501. The second-order valence-corrected chi connectivity index (χ2v) is 5.75. The van der Waals surface area contributed by atoms with Gasteiger partial charge in [0.2, 0.25) is 0 Å². The zero-order valence-corrected chi connectivity index (χ0v) is 16.3. The van der Waals surface area contributed by atoms with Crippen LogP contribution in [0.4, 0.5) is 14.5 Å². The van der Waals surface area contributed by atoms with E-state index in [0.29, 0.717) is 22.7 Å². The van der Waals surface area contributed by atoms with E-state index in [-0.39, 0.29) is 12.4 Å². The topological polar surface area (TPSA) is 107 Å². The number of hydrogen-bond donors (Lipinski definition) is 1. The summed E-state index contributed by atoms with van der Waals surface area (Å²) in [4.78, 5) is 23.7. The van der Waals surface area contributed by atoms with Crippen molar-refractivity contribution in [1.82, 2.24) is 0 Å². The molecule has 0 heterocycles. The minimum atomic E-state index is -2.94. The summed E-state index contributed by atoms with van der Waals surface area (Å²) >= 11 is 0. The van der Waals surface area contributed by atoms with Crippen LogP contribution in [-0.2, 0) is 14.3 Å². The monoisotopic (exact) mass is 432 g/mol. The molecule has 2 aromatic rings. The largest absolute Gasteiger partial charge is 0.493 e. The molecule has 0 atom stereocenters. The molecule has 0 radical (unpaired) electrons. The molecule has 0 saturated carbocycles. The van der Waals surface area contributed by atoms with E-state index in [1.807, 2.05) is 6.07 Å². The van der Waals surface area contributed by atoms with Crippen LogP contribution in [0.2, 0.25) is 0 Å². The summed E-state index contributed by atoms with van der Waals surface area (Å²) in [5.74, 6) is -0.639. The Morgan fingerprint density at radius 3 is 2.55 bits per heavy atom. The van der Waals surface area contributed by atoms with Gasteiger partial charge in [0.1, 0.15) is 11.8 Å². The fraction of sp³-hybridized carbons (Fsp3) is 0.190. The van der Waals surface area contributed by atoms with E-state index in [0.717, 1.165) is 6.08 Å². The first-order valence-electron chi connectivity index (χ1n) is 8.78. The Hall–Kier alpha value is -4.13. The quantitative estimate of drug-likeness (QED) is 0.453. The van der Waals surface area contributed by atoms with Gasteiger partial charge in [-0.2, -0.15) is 14.0 Å². The Labute approximate surface area is 176 Å². The van der Waals surface area contributed by atoms with Crippen LogP contribution in [0.5, 0.6) is 17.2 Å². The fourth-order valence-corrected chi connectivity index (χ4v) is 2.28. The smallest absolute Gasteiger partial charge is 0.387 e. The standard InChI is InChI=1S/C21H18F2N2O6/c1-28-18-12-14(2-8-17(18)29-11-10-24)3-9-20(27)30-13-19(26)25-15-4-6-16(7-5-15)31-21(22)23/h2-9,12,21H,11,13H2,1H3,(H,25,26)/b9-3+. The van der Waals surface area contributed by atoms with Crippen LogP contribution in [-0.4, -0.2) is 38.8 Å². The Kier molecular flexibility index (Phi) is 8.79. The highest BCUT2D eigenvalue weighted by Gasteiger charge is 2.08. The van der Waals surface area contributed by atoms with E-state index in [1.54, 1.807) is 18.2 Å². The molecule has 8 nitrogen and oxygen atoms in total. The molecule has 0 fully saturated rings. The third kappa shape index (κ3) is 8.02. The second-order valence-electron chi connectivity index (χ2n) is 5.75. The molecule has 1 N–H and O–H groups in total. The van der Waals surface area contributed by atoms with Gasteiger partial charge in [-0.1, -0.05) is 6.07 Å². The molecular formula is C21H18F2N2O6. The predicted octanol–water partition coefficient (Wildman–Crippen LogP) is 3.39. The van der Waals surface area contributed by atoms with Crippen LogP contribution < -0.4 is 19.5 Å². The highest BCUT2D eigenvalue weighted by atomic mass is 19.3. The van der Waals surface area contributed by atoms with E-state index in [1.165, 1.54) is 37.5 Å². The number of benzene rings is 2. The third-order valence-corrected chi connectivity index (χ3v) is 3.60. The van der Waals surface area contributed by atoms with Crippen LogP contribution in [0.15, 0.2) is 48.5 Å². The average molecular weight is 432 g/mol. The summed E-state index contributed by atoms with van der Waals surface area (Å²) in [7, 11) is 1.44. The first kappa shape index (κ1) is 23.2. The van der Waals surface area contributed by atoms with Crippen molar-refractivity contribution in [2.75, 3.05) is 25.6 Å². The summed E-state index contributed by atoms with van der Waals surface area (Å²) in [6, 6.07) is 12.0. The first-order valence-corrected chi connectivity index (χ1v) is 8.78. The lowest BCUT2D eigenvalue weighted by Crippen LogP contribution is -2.20. The maximum Gasteiger partial charge on any atom is 0.387 e. The molecule has 0 unspecified atom stereocenters. The molecule has 0 aromatic heterocycles. The number of methoxy groups -OCH3 is 1. The number of halogens is 2. The molecule has 0 spiro atoms. The molecule has 0 aliphatic heterocycles. The van der Waals surface area contributed by atoms with Gasteiger partial charge >= 0.3 is 12.6 Å². The van der Waals surface area contributed by atoms with Gasteiger partial charge in [-0.3, -0.25) is 4.79 Å². The number of amides is 1. The summed E-state index contributed by atoms with van der Waals surface area (Å²) < 4.78 is 43.7. The number of ether oxygens (including phenoxy) is 4. The van der Waals surface area contributed by atoms with Crippen molar-refractivity contribution >= 4 is 23.6 Å². The van der Waals surface area contributed by atoms with E-state index in [9.17, 15) is 18.4 Å². The van der Waals surface area contributed by atoms with E-state index >= 15 is 0 Å². The Morgan fingerprint density at radius 2 is 1.90 bits per heavy atom. The SMILES string of the molecule is COc1cc(/C=C/C(=O)OCC(=O)Nc2ccc(OC(F)F)cc2)ccc1OCC#N. The van der Waals surface area contributed by atoms with Gasteiger partial charge in [-0.25, -0.2) is 4.79 Å². The molecule has 31 heavy (non-hydrogen) atoms. The van der Waals surface area contributed by atoms with Gasteiger partial charge in [0.25, 0.3) is 5.91 Å². The normalized spacial score (nSPS) is 10.4. The van der Waals surface area contributed by atoms with Gasteiger partial charge in [0, 0.05) is 11.8 Å². The van der Waals surface area contributed by atoms with Crippen molar-refractivity contribution in [3.8, 4) is 23.3 Å². The van der Waals surface area contributed by atoms with Crippen molar-refractivity contribution in [1.29, 1.82) is 5.26 Å². The van der Waals surface area contributed by atoms with Crippen molar-refractivity contribution < 1.29 is 37.3 Å². The summed E-state index contributed by atoms with van der Waals surface area (Å²) in [6.07, 6.45) is 2.59. The van der Waals surface area contributed by atoms with Crippen LogP contribution >= 0.6 is 0 Å². The number of carbonyl (C=O) groups is 2. The Morgan fingerprint density at radius 1 is 1.16 bits per heavy atom. The zero-order valence-electron chi connectivity index (χ0n) is 16.3. The Balaban J connectivity index is 1.83. The van der Waals surface area contributed by atoms with Crippen LogP contribution in [0.1, 0.15) is 5.56 Å². The number of nitrogens with zero attached hydrogens (tertiary/aromatic N) is 1. The number of nitrogens with one attached hydrogen (secondary N) is 1. The lowest BCUT2D eigenvalue weighted by atomic mass is 10.2. The lowest BCUT2D eigenvalue weighted by molar-refractivity contribution is -0.142. The minimum Gasteiger partial charge on any atom is -0.493 e. The van der Waals surface area contributed by atoms with Gasteiger partial charge in [0.05, 0.1) is 7.11 Å². The molecule has 10 heteroatoms. The summed E-state index contributed by atoms with van der Waals surface area (Å²) in [5.41, 5.74) is 0.928. The van der Waals surface area contributed by atoms with Crippen molar-refractivity contribution in [3.05, 3.63) is 54.1 Å². The molecule has 0 aliphatic rings. The fourth-order valence-electron chi connectivity index (χ4n) is 2.28. The van der Waals surface area contributed by atoms with Crippen LogP contribution in [0.3, 0.4) is 0 Å². The van der Waals surface area contributed by atoms with Crippen LogP contribution in [0, 0.1) is 11.3 Å². The van der Waals surface area contributed by atoms with E-state index in [4.69, 9.17) is 19.5 Å². The number of carbonyl (C=O) groups excluding carboxylic acids is 2. The molecular weight excluding hydrogens is 414 g/mol. The molecule has 1 amide bonds. The number of nitriles is 1. The van der Waals surface area contributed by atoms with Crippen LogP contribution in [0.25, 0.3) is 6.08 Å². The second kappa shape index (κ2) is 11.8. The number of rotatable bonds is 10. The molecule has 0 bridgehead atoms. The number of alkyl halides is 2. The van der Waals surface area contributed by atoms with Crippen molar-refractivity contribution in [2.45, 2.75) is 6.61 Å². The van der Waals surface area contributed by atoms with Gasteiger partial charge < -0.3 is 24.3 Å². The summed E-state index contributed by atoms with van der Waals surface area (Å²) in [6.45, 7) is -3.61. The van der Waals surface area contributed by atoms with Gasteiger partial charge in [-0.15, -0.1) is 0 Å². The highest BCUT2D eigenvalue weighted by molar-refractivity contribution is 5.94. The molecule has 2 aromatic carbocycles. The van der Waals surface area contributed by atoms with Crippen molar-refractivity contribution in [2.24, 2.45) is 0 Å². The molecule has 0 aliphatic carbocycles. The van der Waals surface area contributed by atoms with Gasteiger partial charge in [-0.05, 0) is 48.0 Å². The van der Waals surface area contributed by atoms with E-state index in [2.05, 4.69) is 10.1 Å².